The topological polar surface area (TPSA) is 55.8 Å². The Labute approximate surface area is 138 Å². The van der Waals surface area contributed by atoms with Gasteiger partial charge in [0.25, 0.3) is 0 Å². The molecule has 23 heavy (non-hydrogen) atoms. The van der Waals surface area contributed by atoms with Crippen LogP contribution in [0.3, 0.4) is 0 Å². The molecule has 1 heterocycles. The number of carbonyl (C=O) groups is 1. The van der Waals surface area contributed by atoms with E-state index < -0.39 is 6.10 Å². The lowest BCUT2D eigenvalue weighted by molar-refractivity contribution is -0.147. The lowest BCUT2D eigenvalue weighted by Gasteiger charge is -2.16. The summed E-state index contributed by atoms with van der Waals surface area (Å²) in [5, 5.41) is 10.1. The van der Waals surface area contributed by atoms with E-state index in [9.17, 15) is 9.90 Å². The first-order valence-corrected chi connectivity index (χ1v) is 8.16. The van der Waals surface area contributed by atoms with Crippen molar-refractivity contribution in [2.75, 3.05) is 6.61 Å². The monoisotopic (exact) mass is 318 g/mol. The zero-order valence-corrected chi connectivity index (χ0v) is 14.1. The molecule has 2 unspecified atom stereocenters. The number of aliphatic hydroxyl groups is 1. The maximum Gasteiger partial charge on any atom is 0.302 e. The minimum absolute atomic E-state index is 0.0964. The van der Waals surface area contributed by atoms with Crippen LogP contribution < -0.4 is 0 Å². The van der Waals surface area contributed by atoms with Crippen LogP contribution >= 0.6 is 0 Å². The number of hydrogen-bond donors (Lipinski definition) is 1. The molecule has 1 aromatic carbocycles. The smallest absolute Gasteiger partial charge is 0.302 e. The number of esters is 1. The van der Waals surface area contributed by atoms with E-state index in [1.807, 2.05) is 19.1 Å². The quantitative estimate of drug-likeness (QED) is 0.647. The largest absolute Gasteiger partial charge is 0.460 e. The molecule has 0 aromatic heterocycles. The summed E-state index contributed by atoms with van der Waals surface area (Å²) in [6.07, 6.45) is 4.36. The summed E-state index contributed by atoms with van der Waals surface area (Å²) in [7, 11) is 0. The molecule has 0 spiro atoms. The second kappa shape index (κ2) is 8.27. The van der Waals surface area contributed by atoms with Gasteiger partial charge in [-0.1, -0.05) is 48.9 Å². The van der Waals surface area contributed by atoms with Crippen molar-refractivity contribution in [1.82, 2.24) is 0 Å². The highest BCUT2D eigenvalue weighted by Gasteiger charge is 2.34. The molecule has 1 fully saturated rings. The number of aliphatic hydroxyl groups excluding tert-OH is 1. The molecular weight excluding hydrogens is 292 g/mol. The number of hydrogen-bond acceptors (Lipinski definition) is 4. The van der Waals surface area contributed by atoms with Crippen molar-refractivity contribution in [3.8, 4) is 0 Å². The van der Waals surface area contributed by atoms with Crippen molar-refractivity contribution in [2.45, 2.75) is 51.9 Å². The van der Waals surface area contributed by atoms with Gasteiger partial charge in [-0.15, -0.1) is 0 Å². The van der Waals surface area contributed by atoms with Crippen molar-refractivity contribution >= 4 is 5.97 Å². The van der Waals surface area contributed by atoms with Crippen LogP contribution in [0.5, 0.6) is 0 Å². The Bertz CT molecular complexity index is 552. The van der Waals surface area contributed by atoms with E-state index in [0.29, 0.717) is 13.0 Å². The van der Waals surface area contributed by atoms with Crippen molar-refractivity contribution in [3.63, 3.8) is 0 Å². The third-order valence-corrected chi connectivity index (χ3v) is 4.21. The van der Waals surface area contributed by atoms with Gasteiger partial charge in [0.1, 0.15) is 6.10 Å². The highest BCUT2D eigenvalue weighted by molar-refractivity contribution is 5.66. The summed E-state index contributed by atoms with van der Waals surface area (Å²) in [5.74, 6) is -0.188. The fourth-order valence-corrected chi connectivity index (χ4v) is 2.82. The molecule has 4 nitrogen and oxygen atoms in total. The van der Waals surface area contributed by atoms with Gasteiger partial charge < -0.3 is 14.6 Å². The molecule has 0 amide bonds. The predicted molar refractivity (Wildman–Crippen MR) is 89.1 cm³/mol. The normalized spacial score (nSPS) is 25.7. The molecule has 1 aliphatic rings. The average molecular weight is 318 g/mol. The number of benzene rings is 1. The molecule has 0 aliphatic carbocycles. The number of aryl methyl sites for hydroxylation is 2. The summed E-state index contributed by atoms with van der Waals surface area (Å²) in [6, 6.07) is 8.33. The fourth-order valence-electron chi connectivity index (χ4n) is 2.82. The minimum atomic E-state index is -0.501. The average Bonchev–Trinajstić information content (AvgIpc) is 2.83. The Morgan fingerprint density at radius 3 is 3.00 bits per heavy atom. The van der Waals surface area contributed by atoms with Crippen LogP contribution in [0.1, 0.15) is 31.4 Å². The summed E-state index contributed by atoms with van der Waals surface area (Å²) in [4.78, 5) is 11.0. The molecular formula is C19H26O4. The molecule has 1 N–H and O–H groups in total. The van der Waals surface area contributed by atoms with Crippen LogP contribution in [-0.2, 0) is 20.7 Å². The summed E-state index contributed by atoms with van der Waals surface area (Å²) >= 11 is 0. The van der Waals surface area contributed by atoms with Crippen LogP contribution in [0.25, 0.3) is 0 Å². The number of carbonyl (C=O) groups excluding carboxylic acids is 1. The lowest BCUT2D eigenvalue weighted by atomic mass is 9.99. The number of rotatable bonds is 6. The van der Waals surface area contributed by atoms with Crippen molar-refractivity contribution in [2.24, 2.45) is 5.92 Å². The van der Waals surface area contributed by atoms with Crippen molar-refractivity contribution in [3.05, 3.63) is 47.5 Å². The molecule has 1 aromatic rings. The van der Waals surface area contributed by atoms with Crippen LogP contribution in [0.15, 0.2) is 36.4 Å². The number of ether oxygens (including phenoxy) is 2. The molecule has 1 aliphatic heterocycles. The minimum Gasteiger partial charge on any atom is -0.460 e. The zero-order valence-electron chi connectivity index (χ0n) is 14.1. The summed E-state index contributed by atoms with van der Waals surface area (Å²) in [5.41, 5.74) is 2.47. The van der Waals surface area contributed by atoms with E-state index in [1.54, 1.807) is 6.08 Å². The Kier molecular flexibility index (Phi) is 6.37. The molecule has 1 saturated heterocycles. The zero-order chi connectivity index (χ0) is 16.8. The van der Waals surface area contributed by atoms with E-state index in [0.717, 1.165) is 6.42 Å². The predicted octanol–water partition coefficient (Wildman–Crippen LogP) is 2.81. The second-order valence-corrected chi connectivity index (χ2v) is 6.28. The first kappa shape index (κ1) is 17.7. The maximum absolute atomic E-state index is 11.0. The molecule has 0 radical (unpaired) electrons. The van der Waals surface area contributed by atoms with Crippen LogP contribution in [0.2, 0.25) is 0 Å². The van der Waals surface area contributed by atoms with E-state index in [-0.39, 0.29) is 24.1 Å². The fraction of sp³-hybridized carbons (Fsp3) is 0.526. The Hall–Kier alpha value is -1.65. The maximum atomic E-state index is 11.0. The van der Waals surface area contributed by atoms with Gasteiger partial charge in [0, 0.05) is 12.8 Å². The summed E-state index contributed by atoms with van der Waals surface area (Å²) in [6.45, 7) is 5.88. The third-order valence-electron chi connectivity index (χ3n) is 4.21. The third kappa shape index (κ3) is 5.48. The first-order chi connectivity index (χ1) is 11.0. The Morgan fingerprint density at radius 1 is 1.52 bits per heavy atom. The van der Waals surface area contributed by atoms with Gasteiger partial charge in [-0.05, 0) is 25.3 Å². The van der Waals surface area contributed by atoms with Crippen LogP contribution in [0, 0.1) is 12.8 Å². The highest BCUT2D eigenvalue weighted by Crippen LogP contribution is 2.25. The van der Waals surface area contributed by atoms with E-state index in [4.69, 9.17) is 9.47 Å². The first-order valence-electron chi connectivity index (χ1n) is 8.16. The second-order valence-electron chi connectivity index (χ2n) is 6.28. The standard InChI is InChI=1S/C19H26O4/c1-13-5-4-6-16(11-13)7-8-17(21)9-10-18-14(2)19(12-22-18)23-15(3)20/h4-6,9-11,14,17-19,21H,7-8,12H2,1-3H3/b10-9+/t14-,17?,18-,19?/m1/s1. The van der Waals surface area contributed by atoms with Gasteiger partial charge in [-0.2, -0.15) is 0 Å². The lowest BCUT2D eigenvalue weighted by Crippen LogP contribution is -2.25. The molecule has 126 valence electrons. The van der Waals surface area contributed by atoms with E-state index in [2.05, 4.69) is 25.1 Å². The SMILES string of the molecule is CC(=O)OC1CO[C@H](/C=C/C(O)CCc2cccc(C)c2)[C@H]1C. The Morgan fingerprint density at radius 2 is 2.30 bits per heavy atom. The van der Waals surface area contributed by atoms with Crippen LogP contribution in [-0.4, -0.2) is 36.0 Å². The molecule has 0 bridgehead atoms. The molecule has 4 atom stereocenters. The summed E-state index contributed by atoms with van der Waals surface area (Å²) < 4.78 is 10.8. The van der Waals surface area contributed by atoms with Crippen molar-refractivity contribution in [1.29, 1.82) is 0 Å². The van der Waals surface area contributed by atoms with Gasteiger partial charge in [0.2, 0.25) is 0 Å². The van der Waals surface area contributed by atoms with Gasteiger partial charge in [-0.3, -0.25) is 4.79 Å². The molecule has 0 saturated carbocycles. The van der Waals surface area contributed by atoms with Gasteiger partial charge in [0.05, 0.1) is 18.8 Å². The van der Waals surface area contributed by atoms with Crippen LogP contribution in [0.4, 0.5) is 0 Å². The van der Waals surface area contributed by atoms with E-state index >= 15 is 0 Å². The highest BCUT2D eigenvalue weighted by atomic mass is 16.6. The van der Waals surface area contributed by atoms with Gasteiger partial charge in [0.15, 0.2) is 0 Å². The van der Waals surface area contributed by atoms with Gasteiger partial charge in [-0.25, -0.2) is 0 Å². The molecule has 2 rings (SSSR count). The molecule has 4 heteroatoms. The van der Waals surface area contributed by atoms with Gasteiger partial charge >= 0.3 is 5.97 Å². The van der Waals surface area contributed by atoms with Crippen molar-refractivity contribution < 1.29 is 19.4 Å². The van der Waals surface area contributed by atoms with E-state index in [1.165, 1.54) is 18.1 Å². The Balaban J connectivity index is 1.79.